The highest BCUT2D eigenvalue weighted by atomic mass is 16.6. The number of hydrogen-bond donors (Lipinski definition) is 1. The second-order valence-corrected chi connectivity index (χ2v) is 3.50. The van der Waals surface area contributed by atoms with Crippen LogP contribution in [-0.4, -0.2) is 10.7 Å². The van der Waals surface area contributed by atoms with Gasteiger partial charge in [-0.3, -0.25) is 14.9 Å². The van der Waals surface area contributed by atoms with Crippen LogP contribution in [0.5, 0.6) is 0 Å². The Hall–Kier alpha value is -2.53. The van der Waals surface area contributed by atoms with Gasteiger partial charge in [0.15, 0.2) is 5.78 Å². The molecule has 0 radical (unpaired) electrons. The largest absolute Gasteiger partial charge is 0.344 e. The van der Waals surface area contributed by atoms with Crippen molar-refractivity contribution >= 4 is 11.5 Å². The summed E-state index contributed by atoms with van der Waals surface area (Å²) in [6.07, 6.45) is 0. The third-order valence-electron chi connectivity index (χ3n) is 2.36. The van der Waals surface area contributed by atoms with Gasteiger partial charge in [0.2, 0.25) is 0 Å². The Kier molecular flexibility index (Phi) is 4.28. The Bertz CT molecular complexity index is 567. The van der Waals surface area contributed by atoms with Gasteiger partial charge in [-0.15, -0.1) is 0 Å². The standard InChI is InChI=1S/C13H9NO3.H3N/c15-13(10-5-2-1-3-6-10)11-7-4-8-12(9-11)14(16)17;/h1-9H;1H3. The molecule has 0 saturated heterocycles. The number of rotatable bonds is 3. The van der Waals surface area contributed by atoms with E-state index in [1.165, 1.54) is 18.2 Å². The number of nitro benzene ring substituents is 1. The quantitative estimate of drug-likeness (QED) is 0.510. The third-order valence-corrected chi connectivity index (χ3v) is 2.36. The number of nitro groups is 1. The summed E-state index contributed by atoms with van der Waals surface area (Å²) < 4.78 is 0. The summed E-state index contributed by atoms with van der Waals surface area (Å²) in [6, 6.07) is 14.4. The number of carbonyl (C=O) groups excluding carboxylic acids is 1. The molecule has 0 aliphatic carbocycles. The predicted molar refractivity (Wildman–Crippen MR) is 68.0 cm³/mol. The van der Waals surface area contributed by atoms with E-state index in [1.54, 1.807) is 30.3 Å². The fourth-order valence-electron chi connectivity index (χ4n) is 1.52. The first-order valence-electron chi connectivity index (χ1n) is 5.02. The zero-order valence-corrected chi connectivity index (χ0v) is 9.58. The minimum Gasteiger partial charge on any atom is -0.344 e. The molecular weight excluding hydrogens is 232 g/mol. The third kappa shape index (κ3) is 2.78. The smallest absolute Gasteiger partial charge is 0.270 e. The van der Waals surface area contributed by atoms with Crippen molar-refractivity contribution in [3.8, 4) is 0 Å². The van der Waals surface area contributed by atoms with E-state index in [4.69, 9.17) is 0 Å². The van der Waals surface area contributed by atoms with Crippen LogP contribution in [0.2, 0.25) is 0 Å². The molecule has 0 amide bonds. The van der Waals surface area contributed by atoms with Gasteiger partial charge in [0, 0.05) is 23.3 Å². The average molecular weight is 244 g/mol. The maximum Gasteiger partial charge on any atom is 0.270 e. The van der Waals surface area contributed by atoms with Crippen molar-refractivity contribution in [2.45, 2.75) is 0 Å². The Morgan fingerprint density at radius 3 is 2.17 bits per heavy atom. The first kappa shape index (κ1) is 13.5. The van der Waals surface area contributed by atoms with Crippen LogP contribution in [0.15, 0.2) is 54.6 Å². The molecule has 5 nitrogen and oxygen atoms in total. The molecule has 0 spiro atoms. The molecule has 0 atom stereocenters. The molecule has 0 bridgehead atoms. The highest BCUT2D eigenvalue weighted by Gasteiger charge is 2.12. The monoisotopic (exact) mass is 244 g/mol. The van der Waals surface area contributed by atoms with Crippen LogP contribution in [0.25, 0.3) is 0 Å². The average Bonchev–Trinajstić information content (AvgIpc) is 2.39. The lowest BCUT2D eigenvalue weighted by Crippen LogP contribution is -2.01. The molecular formula is C13H12N2O3. The topological polar surface area (TPSA) is 95.2 Å². The highest BCUT2D eigenvalue weighted by molar-refractivity contribution is 6.09. The first-order chi connectivity index (χ1) is 8.18. The molecule has 92 valence electrons. The van der Waals surface area contributed by atoms with Gasteiger partial charge in [-0.1, -0.05) is 42.5 Å². The molecule has 2 aromatic carbocycles. The Labute approximate surface area is 104 Å². The molecule has 0 aromatic heterocycles. The maximum atomic E-state index is 12.0. The number of benzene rings is 2. The van der Waals surface area contributed by atoms with Crippen LogP contribution in [0.1, 0.15) is 15.9 Å². The van der Waals surface area contributed by atoms with E-state index in [9.17, 15) is 14.9 Å². The summed E-state index contributed by atoms with van der Waals surface area (Å²) in [4.78, 5) is 22.1. The Balaban J connectivity index is 0.00000162. The van der Waals surface area contributed by atoms with Gasteiger partial charge in [0.25, 0.3) is 5.69 Å². The Morgan fingerprint density at radius 2 is 1.56 bits per heavy atom. The summed E-state index contributed by atoms with van der Waals surface area (Å²) >= 11 is 0. The molecule has 0 heterocycles. The van der Waals surface area contributed by atoms with Gasteiger partial charge in [-0.05, 0) is 0 Å². The van der Waals surface area contributed by atoms with E-state index in [2.05, 4.69) is 0 Å². The van der Waals surface area contributed by atoms with Crippen molar-refractivity contribution < 1.29 is 9.72 Å². The molecule has 3 N–H and O–H groups in total. The van der Waals surface area contributed by atoms with Gasteiger partial charge in [-0.2, -0.15) is 0 Å². The Morgan fingerprint density at radius 1 is 0.944 bits per heavy atom. The number of ketones is 1. The molecule has 2 aromatic rings. The fraction of sp³-hybridized carbons (Fsp3) is 0. The van der Waals surface area contributed by atoms with Gasteiger partial charge in [-0.25, -0.2) is 0 Å². The number of hydrogen-bond acceptors (Lipinski definition) is 4. The normalized spacial score (nSPS) is 9.33. The van der Waals surface area contributed by atoms with Gasteiger partial charge in [0.05, 0.1) is 4.92 Å². The van der Waals surface area contributed by atoms with Crippen molar-refractivity contribution in [1.29, 1.82) is 0 Å². The van der Waals surface area contributed by atoms with E-state index in [-0.39, 0.29) is 17.6 Å². The number of carbonyl (C=O) groups is 1. The molecule has 18 heavy (non-hydrogen) atoms. The summed E-state index contributed by atoms with van der Waals surface area (Å²) in [5.41, 5.74) is 0.769. The second-order valence-electron chi connectivity index (χ2n) is 3.50. The molecule has 0 fully saturated rings. The van der Waals surface area contributed by atoms with E-state index in [1.807, 2.05) is 6.07 Å². The zero-order valence-electron chi connectivity index (χ0n) is 9.58. The highest BCUT2D eigenvalue weighted by Crippen LogP contribution is 2.16. The number of nitrogens with zero attached hydrogens (tertiary/aromatic N) is 1. The second kappa shape index (κ2) is 5.70. The summed E-state index contributed by atoms with van der Waals surface area (Å²) in [6.45, 7) is 0. The first-order valence-corrected chi connectivity index (χ1v) is 5.02. The molecule has 0 aliphatic heterocycles. The van der Waals surface area contributed by atoms with Crippen molar-refractivity contribution in [1.82, 2.24) is 6.15 Å². The molecule has 5 heteroatoms. The van der Waals surface area contributed by atoms with Crippen molar-refractivity contribution in [2.24, 2.45) is 0 Å². The van der Waals surface area contributed by atoms with Crippen molar-refractivity contribution in [2.75, 3.05) is 0 Å². The zero-order chi connectivity index (χ0) is 12.3. The minimum atomic E-state index is -0.512. The molecule has 0 unspecified atom stereocenters. The number of non-ortho nitro benzene ring substituents is 1. The summed E-state index contributed by atoms with van der Waals surface area (Å²) in [7, 11) is 0. The lowest BCUT2D eigenvalue weighted by Gasteiger charge is -2.00. The lowest BCUT2D eigenvalue weighted by molar-refractivity contribution is -0.384. The molecule has 2 rings (SSSR count). The van der Waals surface area contributed by atoms with Crippen LogP contribution >= 0.6 is 0 Å². The van der Waals surface area contributed by atoms with E-state index in [0.29, 0.717) is 11.1 Å². The predicted octanol–water partition coefficient (Wildman–Crippen LogP) is 2.99. The van der Waals surface area contributed by atoms with Gasteiger partial charge >= 0.3 is 0 Å². The van der Waals surface area contributed by atoms with Crippen LogP contribution in [0, 0.1) is 10.1 Å². The lowest BCUT2D eigenvalue weighted by atomic mass is 10.0. The van der Waals surface area contributed by atoms with E-state index < -0.39 is 4.92 Å². The molecule has 0 saturated carbocycles. The maximum absolute atomic E-state index is 12.0. The van der Waals surface area contributed by atoms with Crippen molar-refractivity contribution in [3.05, 3.63) is 75.8 Å². The summed E-state index contributed by atoms with van der Waals surface area (Å²) in [5, 5.41) is 10.6. The fourth-order valence-corrected chi connectivity index (χ4v) is 1.52. The van der Waals surface area contributed by atoms with Crippen LogP contribution in [-0.2, 0) is 0 Å². The van der Waals surface area contributed by atoms with Crippen LogP contribution in [0.4, 0.5) is 5.69 Å². The van der Waals surface area contributed by atoms with E-state index in [0.717, 1.165) is 0 Å². The van der Waals surface area contributed by atoms with Gasteiger partial charge in [0.1, 0.15) is 0 Å². The van der Waals surface area contributed by atoms with Crippen LogP contribution < -0.4 is 6.15 Å². The van der Waals surface area contributed by atoms with E-state index >= 15 is 0 Å². The van der Waals surface area contributed by atoms with Crippen LogP contribution in [0.3, 0.4) is 0 Å². The van der Waals surface area contributed by atoms with Crippen molar-refractivity contribution in [3.63, 3.8) is 0 Å². The van der Waals surface area contributed by atoms with Gasteiger partial charge < -0.3 is 6.15 Å². The minimum absolute atomic E-state index is 0. The SMILES string of the molecule is N.O=C(c1ccccc1)c1cccc([N+](=O)[O-])c1. The molecule has 0 aliphatic rings. The summed E-state index contributed by atoms with van der Waals surface area (Å²) in [5.74, 6) is -0.214.